The molecule has 9 heteroatoms. The number of carboxylic acids is 1. The lowest BCUT2D eigenvalue weighted by Gasteiger charge is -2.22. The first kappa shape index (κ1) is 21.4. The molecule has 28 heavy (non-hydrogen) atoms. The maximum Gasteiger partial charge on any atom is 0.322 e. The number of hydrogen-bond acceptors (Lipinski definition) is 5. The van der Waals surface area contributed by atoms with Gasteiger partial charge in [0.2, 0.25) is 17.7 Å². The second-order valence-electron chi connectivity index (χ2n) is 6.74. The van der Waals surface area contributed by atoms with Crippen LogP contribution in [0.15, 0.2) is 30.3 Å². The molecule has 2 rings (SSSR count). The van der Waals surface area contributed by atoms with E-state index in [9.17, 15) is 19.2 Å². The summed E-state index contributed by atoms with van der Waals surface area (Å²) in [6.07, 6.45) is 1.82. The molecule has 1 fully saturated rings. The predicted octanol–water partition coefficient (Wildman–Crippen LogP) is -0.829. The lowest BCUT2D eigenvalue weighted by Crippen LogP contribution is -2.55. The summed E-state index contributed by atoms with van der Waals surface area (Å²) in [7, 11) is 0. The Kier molecular flexibility index (Phi) is 7.94. The van der Waals surface area contributed by atoms with Gasteiger partial charge in [0.25, 0.3) is 0 Å². The molecule has 1 heterocycles. The molecule has 0 aromatic heterocycles. The zero-order valence-corrected chi connectivity index (χ0v) is 15.7. The number of benzene rings is 1. The largest absolute Gasteiger partial charge is 0.480 e. The van der Waals surface area contributed by atoms with Crippen molar-refractivity contribution in [3.05, 3.63) is 35.9 Å². The number of amides is 3. The van der Waals surface area contributed by atoms with E-state index in [1.54, 1.807) is 24.3 Å². The van der Waals surface area contributed by atoms with Crippen LogP contribution in [-0.4, -0.2) is 60.0 Å². The zero-order valence-electron chi connectivity index (χ0n) is 15.7. The van der Waals surface area contributed by atoms with Crippen molar-refractivity contribution >= 4 is 23.7 Å². The second kappa shape index (κ2) is 10.4. The summed E-state index contributed by atoms with van der Waals surface area (Å²) in [4.78, 5) is 47.7. The monoisotopic (exact) mass is 390 g/mol. The van der Waals surface area contributed by atoms with E-state index in [1.807, 2.05) is 6.07 Å². The highest BCUT2D eigenvalue weighted by atomic mass is 16.4. The molecule has 1 aliphatic rings. The van der Waals surface area contributed by atoms with Gasteiger partial charge in [-0.2, -0.15) is 0 Å². The van der Waals surface area contributed by atoms with Gasteiger partial charge in [-0.15, -0.1) is 0 Å². The van der Waals surface area contributed by atoms with Crippen molar-refractivity contribution in [2.24, 2.45) is 0 Å². The number of rotatable bonds is 9. The second-order valence-corrected chi connectivity index (χ2v) is 6.74. The van der Waals surface area contributed by atoms with E-state index >= 15 is 0 Å². The number of carbonyl (C=O) groups is 4. The topological polar surface area (TPSA) is 137 Å². The Morgan fingerprint density at radius 1 is 1.14 bits per heavy atom. The van der Waals surface area contributed by atoms with Gasteiger partial charge in [-0.25, -0.2) is 0 Å². The van der Waals surface area contributed by atoms with E-state index < -0.39 is 36.4 Å². The third-order valence-corrected chi connectivity index (χ3v) is 4.46. The van der Waals surface area contributed by atoms with Gasteiger partial charge in [0.1, 0.15) is 18.6 Å². The maximum absolute atomic E-state index is 12.5. The smallest absolute Gasteiger partial charge is 0.322 e. The predicted molar refractivity (Wildman–Crippen MR) is 101 cm³/mol. The molecule has 0 bridgehead atoms. The molecule has 9 nitrogen and oxygen atoms in total. The van der Waals surface area contributed by atoms with Gasteiger partial charge < -0.3 is 26.4 Å². The number of aliphatic carboxylic acids is 1. The van der Waals surface area contributed by atoms with Crippen molar-refractivity contribution in [2.75, 3.05) is 13.1 Å². The average molecular weight is 390 g/mol. The van der Waals surface area contributed by atoms with Gasteiger partial charge in [0.15, 0.2) is 0 Å². The van der Waals surface area contributed by atoms with Crippen molar-refractivity contribution in [2.45, 2.75) is 44.3 Å². The Balaban J connectivity index is 1.98. The van der Waals surface area contributed by atoms with Gasteiger partial charge in [-0.1, -0.05) is 30.3 Å². The van der Waals surface area contributed by atoms with Crippen LogP contribution in [0, 0.1) is 0 Å². The normalized spacial score (nSPS) is 18.0. The van der Waals surface area contributed by atoms with Crippen LogP contribution in [0.5, 0.6) is 0 Å². The summed E-state index contributed by atoms with van der Waals surface area (Å²) in [5.74, 6) is -2.55. The van der Waals surface area contributed by atoms with Crippen molar-refractivity contribution in [1.29, 1.82) is 0 Å². The summed E-state index contributed by atoms with van der Waals surface area (Å²) in [5, 5.41) is 19.3. The zero-order chi connectivity index (χ0) is 20.5. The highest BCUT2D eigenvalue weighted by Crippen LogP contribution is 2.06. The minimum absolute atomic E-state index is 0.197. The summed E-state index contributed by atoms with van der Waals surface area (Å²) in [6.45, 7) is 1.76. The quantitative estimate of drug-likeness (QED) is 0.373. The number of carboxylic acid groups (broad SMARTS) is 1. The van der Waals surface area contributed by atoms with Gasteiger partial charge in [-0.05, 0) is 31.9 Å². The Hall–Kier alpha value is -2.94. The van der Waals surface area contributed by atoms with Crippen molar-refractivity contribution in [3.63, 3.8) is 0 Å². The molecular formula is C19H26N4O5. The van der Waals surface area contributed by atoms with Crippen LogP contribution >= 0.6 is 0 Å². The molecule has 1 saturated heterocycles. The molecule has 1 aromatic rings. The van der Waals surface area contributed by atoms with Gasteiger partial charge in [0.05, 0.1) is 6.04 Å². The van der Waals surface area contributed by atoms with Crippen molar-refractivity contribution in [1.82, 2.24) is 21.3 Å². The van der Waals surface area contributed by atoms with Gasteiger partial charge in [0, 0.05) is 6.42 Å². The van der Waals surface area contributed by atoms with E-state index in [4.69, 9.17) is 5.11 Å². The van der Waals surface area contributed by atoms with E-state index in [0.29, 0.717) is 6.42 Å². The fourth-order valence-electron chi connectivity index (χ4n) is 2.93. The number of hydrogen-bond donors (Lipinski definition) is 5. The van der Waals surface area contributed by atoms with Crippen LogP contribution in [0.2, 0.25) is 0 Å². The Bertz CT molecular complexity index is 704. The molecular weight excluding hydrogens is 364 g/mol. The minimum Gasteiger partial charge on any atom is -0.480 e. The molecule has 1 aliphatic heterocycles. The highest BCUT2D eigenvalue weighted by Gasteiger charge is 2.28. The molecule has 0 radical (unpaired) electrons. The first-order valence-corrected chi connectivity index (χ1v) is 9.24. The van der Waals surface area contributed by atoms with E-state index in [-0.39, 0.29) is 18.4 Å². The summed E-state index contributed by atoms with van der Waals surface area (Å²) in [6, 6.07) is 6.95. The summed E-state index contributed by atoms with van der Waals surface area (Å²) >= 11 is 0. The lowest BCUT2D eigenvalue weighted by atomic mass is 10.0. The third kappa shape index (κ3) is 6.66. The summed E-state index contributed by atoms with van der Waals surface area (Å²) < 4.78 is 0. The highest BCUT2D eigenvalue weighted by molar-refractivity contribution is 5.93. The molecule has 0 saturated carbocycles. The van der Waals surface area contributed by atoms with E-state index in [0.717, 1.165) is 18.5 Å². The Labute approximate surface area is 163 Å². The summed E-state index contributed by atoms with van der Waals surface area (Å²) in [5.41, 5.74) is 0.810. The van der Waals surface area contributed by atoms with Crippen LogP contribution in [0.3, 0.4) is 0 Å². The van der Waals surface area contributed by atoms with Crippen LogP contribution in [0.4, 0.5) is 0 Å². The Morgan fingerprint density at radius 2 is 1.86 bits per heavy atom. The Morgan fingerprint density at radius 3 is 2.46 bits per heavy atom. The lowest BCUT2D eigenvalue weighted by molar-refractivity contribution is -0.138. The fourth-order valence-corrected chi connectivity index (χ4v) is 2.93. The van der Waals surface area contributed by atoms with Gasteiger partial charge >= 0.3 is 5.97 Å². The molecule has 3 unspecified atom stereocenters. The van der Waals surface area contributed by atoms with Crippen molar-refractivity contribution in [3.8, 4) is 0 Å². The van der Waals surface area contributed by atoms with Crippen LogP contribution in [0.1, 0.15) is 25.3 Å². The maximum atomic E-state index is 12.5. The molecule has 0 spiro atoms. The average Bonchev–Trinajstić information content (AvgIpc) is 3.21. The number of nitrogens with one attached hydrogen (secondary N) is 4. The number of carbonyl (C=O) groups excluding carboxylic acids is 3. The first-order valence-electron chi connectivity index (χ1n) is 9.24. The molecule has 1 aromatic carbocycles. The molecule has 0 aliphatic carbocycles. The van der Waals surface area contributed by atoms with Crippen LogP contribution < -0.4 is 21.3 Å². The van der Waals surface area contributed by atoms with Crippen LogP contribution in [-0.2, 0) is 25.6 Å². The molecule has 3 atom stereocenters. The third-order valence-electron chi connectivity index (χ3n) is 4.46. The first-order chi connectivity index (χ1) is 13.4. The van der Waals surface area contributed by atoms with Crippen LogP contribution in [0.25, 0.3) is 0 Å². The molecule has 152 valence electrons. The fraction of sp³-hybridized carbons (Fsp3) is 0.474. The standard InChI is InChI=1S/C19H26N4O5/c1-12(22-19(28)14-8-5-9-20-14)17(26)23-15(18(27)21-11-16(24)25)10-13-6-3-2-4-7-13/h2-4,6-7,12,14-15,20H,5,8-11H2,1H3,(H,21,27)(H,22,28)(H,23,26)(H,24,25). The minimum atomic E-state index is -1.18. The van der Waals surface area contributed by atoms with E-state index in [1.165, 1.54) is 6.92 Å². The van der Waals surface area contributed by atoms with E-state index in [2.05, 4.69) is 21.3 Å². The SMILES string of the molecule is CC(NC(=O)C1CCCN1)C(=O)NC(Cc1ccccc1)C(=O)NCC(=O)O. The van der Waals surface area contributed by atoms with Gasteiger partial charge in [-0.3, -0.25) is 19.2 Å². The van der Waals surface area contributed by atoms with Crippen molar-refractivity contribution < 1.29 is 24.3 Å². The molecule has 3 amide bonds. The molecule has 5 N–H and O–H groups in total.